The maximum absolute atomic E-state index is 12.1. The molecular formula is C22H36N6O5. The van der Waals surface area contributed by atoms with Gasteiger partial charge in [-0.05, 0) is 50.6 Å². The van der Waals surface area contributed by atoms with Crippen LogP contribution in [0.4, 0.5) is 0 Å². The molecule has 0 aliphatic rings. The summed E-state index contributed by atoms with van der Waals surface area (Å²) in [6, 6.07) is 1.78. The molecule has 11 heteroatoms. The molecule has 33 heavy (non-hydrogen) atoms. The summed E-state index contributed by atoms with van der Waals surface area (Å²) in [6.07, 6.45) is 8.12. The van der Waals surface area contributed by atoms with E-state index in [1.165, 1.54) is 18.2 Å². The van der Waals surface area contributed by atoms with Gasteiger partial charge in [-0.3, -0.25) is 9.59 Å². The quantitative estimate of drug-likeness (QED) is 0.0904. The topological polar surface area (TPSA) is 175 Å². The monoisotopic (exact) mass is 464 g/mol. The zero-order valence-corrected chi connectivity index (χ0v) is 19.3. The lowest BCUT2D eigenvalue weighted by Crippen LogP contribution is -2.41. The highest BCUT2D eigenvalue weighted by molar-refractivity contribution is 5.97. The van der Waals surface area contributed by atoms with Crippen LogP contribution in [0.2, 0.25) is 0 Å². The Kier molecular flexibility index (Phi) is 16.4. The zero-order chi connectivity index (χ0) is 25.1. The lowest BCUT2D eigenvalue weighted by Gasteiger charge is -2.15. The van der Waals surface area contributed by atoms with E-state index in [1.807, 2.05) is 18.7 Å². The maximum Gasteiger partial charge on any atom is 0.267 e. The average molecular weight is 465 g/mol. The molecule has 7 N–H and O–H groups in total. The minimum Gasteiger partial charge on any atom is -0.395 e. The summed E-state index contributed by atoms with van der Waals surface area (Å²) < 4.78 is 0. The predicted molar refractivity (Wildman–Crippen MR) is 125 cm³/mol. The number of hydrogen-bond acceptors (Lipinski definition) is 9. The smallest absolute Gasteiger partial charge is 0.267 e. The molecule has 0 fully saturated rings. The molecule has 0 aromatic heterocycles. The number of likely N-dealkylation sites (N-methyl/N-ethyl adjacent to an activating group) is 2. The van der Waals surface area contributed by atoms with Crippen LogP contribution in [0.25, 0.3) is 0 Å². The highest BCUT2D eigenvalue weighted by Gasteiger charge is 2.12. The van der Waals surface area contributed by atoms with Crippen molar-refractivity contribution in [1.82, 2.24) is 20.4 Å². The number of carbonyl (C=O) groups is 2. The molecule has 1 atom stereocenters. The number of nitrogens with two attached hydrogens (primary N) is 1. The van der Waals surface area contributed by atoms with Crippen molar-refractivity contribution in [1.29, 1.82) is 5.26 Å². The number of allylic oxidation sites excluding steroid dienone is 4. The van der Waals surface area contributed by atoms with Gasteiger partial charge in [0.05, 0.1) is 25.0 Å². The van der Waals surface area contributed by atoms with E-state index >= 15 is 0 Å². The molecule has 0 aliphatic heterocycles. The third-order valence-electron chi connectivity index (χ3n) is 4.34. The lowest BCUT2D eigenvalue weighted by atomic mass is 10.2. The summed E-state index contributed by atoms with van der Waals surface area (Å²) in [5.74, 6) is -1.24. The van der Waals surface area contributed by atoms with Gasteiger partial charge >= 0.3 is 0 Å². The van der Waals surface area contributed by atoms with Gasteiger partial charge in [0.2, 0.25) is 0 Å². The number of carbonyl (C=O) groups excluding carboxylic acids is 2. The molecule has 184 valence electrons. The van der Waals surface area contributed by atoms with Crippen molar-refractivity contribution in [3.05, 3.63) is 48.0 Å². The Hall–Kier alpha value is -3.33. The first-order chi connectivity index (χ1) is 15.8. The van der Waals surface area contributed by atoms with Crippen molar-refractivity contribution < 1.29 is 24.9 Å². The number of aliphatic hydroxyl groups is 3. The number of nitriles is 1. The van der Waals surface area contributed by atoms with Gasteiger partial charge < -0.3 is 41.5 Å². The first kappa shape index (κ1) is 29.7. The molecule has 0 rings (SSSR count). The normalized spacial score (nSPS) is 13.1. The highest BCUT2D eigenvalue weighted by Crippen LogP contribution is 1.97. The Balaban J connectivity index is 4.58. The molecule has 11 nitrogen and oxygen atoms in total. The SMILES string of the molecule is CCN(/C=C/C=C(/N)C(=O)NCC(O)CNC(=O)/C(C#N)=C/C=C/N(CC)CCO)CCO. The second kappa shape index (κ2) is 18.3. The first-order valence-electron chi connectivity index (χ1n) is 10.7. The van der Waals surface area contributed by atoms with Crippen LogP contribution < -0.4 is 16.4 Å². The number of nitrogens with zero attached hydrogens (tertiary/aromatic N) is 3. The number of hydrogen-bond donors (Lipinski definition) is 6. The summed E-state index contributed by atoms with van der Waals surface area (Å²) in [6.45, 7) is 5.74. The van der Waals surface area contributed by atoms with Gasteiger partial charge in [-0.1, -0.05) is 0 Å². The van der Waals surface area contributed by atoms with E-state index in [9.17, 15) is 14.7 Å². The molecule has 2 amide bonds. The first-order valence-corrected chi connectivity index (χ1v) is 10.7. The van der Waals surface area contributed by atoms with Gasteiger partial charge in [-0.15, -0.1) is 0 Å². The Morgan fingerprint density at radius 3 is 1.91 bits per heavy atom. The molecule has 0 aromatic rings. The Morgan fingerprint density at radius 1 is 0.970 bits per heavy atom. The van der Waals surface area contributed by atoms with E-state index < -0.39 is 17.9 Å². The standard InChI is InChI=1S/C22H36N6O5/c1-3-27(11-13-29)9-5-7-18(15-23)21(32)25-16-19(31)17-26-22(33)20(24)8-6-10-28(4-2)12-14-30/h5-10,19,29-31H,3-4,11-14,16-17,24H2,1-2H3,(H,25,32)(H,26,33)/b9-5+,10-6+,18-7+,20-8+. The number of rotatable bonds is 16. The van der Waals surface area contributed by atoms with Gasteiger partial charge in [0.1, 0.15) is 11.6 Å². The fourth-order valence-corrected chi connectivity index (χ4v) is 2.39. The van der Waals surface area contributed by atoms with Crippen LogP contribution in [0.5, 0.6) is 0 Å². The van der Waals surface area contributed by atoms with Crippen molar-refractivity contribution in [2.75, 3.05) is 52.5 Å². The molecule has 0 radical (unpaired) electrons. The minimum absolute atomic E-state index is 0.0106. The fourth-order valence-electron chi connectivity index (χ4n) is 2.39. The van der Waals surface area contributed by atoms with Crippen LogP contribution in [0.1, 0.15) is 13.8 Å². The molecular weight excluding hydrogens is 428 g/mol. The fraction of sp³-hybridized carbons (Fsp3) is 0.500. The molecule has 0 bridgehead atoms. The average Bonchev–Trinajstić information content (AvgIpc) is 2.82. The molecule has 0 aromatic carbocycles. The van der Waals surface area contributed by atoms with E-state index in [2.05, 4.69) is 10.6 Å². The van der Waals surface area contributed by atoms with E-state index in [0.717, 1.165) is 0 Å². The predicted octanol–water partition coefficient (Wildman–Crippen LogP) is -1.47. The third-order valence-corrected chi connectivity index (χ3v) is 4.34. The van der Waals surface area contributed by atoms with Crippen LogP contribution in [0, 0.1) is 11.3 Å². The van der Waals surface area contributed by atoms with Gasteiger partial charge in [-0.25, -0.2) is 0 Å². The molecule has 0 aliphatic carbocycles. The van der Waals surface area contributed by atoms with Crippen molar-refractivity contribution in [2.45, 2.75) is 20.0 Å². The van der Waals surface area contributed by atoms with Crippen LogP contribution in [-0.4, -0.2) is 95.5 Å². The molecule has 0 spiro atoms. The Labute approximate surface area is 195 Å². The van der Waals surface area contributed by atoms with Gasteiger partial charge in [0, 0.05) is 39.3 Å². The van der Waals surface area contributed by atoms with E-state index in [1.54, 1.807) is 29.4 Å². The van der Waals surface area contributed by atoms with E-state index in [4.69, 9.17) is 21.2 Å². The van der Waals surface area contributed by atoms with Crippen molar-refractivity contribution in [3.8, 4) is 6.07 Å². The summed E-state index contributed by atoms with van der Waals surface area (Å²) in [7, 11) is 0. The van der Waals surface area contributed by atoms with E-state index in [-0.39, 0.29) is 37.6 Å². The number of amides is 2. The van der Waals surface area contributed by atoms with Gasteiger partial charge in [-0.2, -0.15) is 5.26 Å². The lowest BCUT2D eigenvalue weighted by molar-refractivity contribution is -0.118. The third kappa shape index (κ3) is 13.6. The Bertz CT molecular complexity index is 757. The van der Waals surface area contributed by atoms with Crippen molar-refractivity contribution in [2.24, 2.45) is 5.73 Å². The summed E-state index contributed by atoms with van der Waals surface area (Å²) in [5, 5.41) is 41.9. The molecule has 0 saturated carbocycles. The van der Waals surface area contributed by atoms with Gasteiger partial charge in [0.15, 0.2) is 0 Å². The van der Waals surface area contributed by atoms with Crippen LogP contribution in [-0.2, 0) is 9.59 Å². The van der Waals surface area contributed by atoms with Crippen LogP contribution >= 0.6 is 0 Å². The zero-order valence-electron chi connectivity index (χ0n) is 19.3. The Morgan fingerprint density at radius 2 is 1.45 bits per heavy atom. The van der Waals surface area contributed by atoms with Crippen LogP contribution in [0.3, 0.4) is 0 Å². The summed E-state index contributed by atoms with van der Waals surface area (Å²) in [5.41, 5.74) is 5.48. The second-order valence-corrected chi connectivity index (χ2v) is 6.78. The van der Waals surface area contributed by atoms with Crippen molar-refractivity contribution >= 4 is 11.8 Å². The molecule has 1 unspecified atom stereocenters. The highest BCUT2D eigenvalue weighted by atomic mass is 16.3. The molecule has 0 heterocycles. The summed E-state index contributed by atoms with van der Waals surface area (Å²) >= 11 is 0. The number of aliphatic hydroxyl groups excluding tert-OH is 3. The van der Waals surface area contributed by atoms with E-state index in [0.29, 0.717) is 26.2 Å². The maximum atomic E-state index is 12.1. The summed E-state index contributed by atoms with van der Waals surface area (Å²) in [4.78, 5) is 27.7. The van der Waals surface area contributed by atoms with Crippen LogP contribution in [0.15, 0.2) is 48.0 Å². The molecule has 0 saturated heterocycles. The van der Waals surface area contributed by atoms with Gasteiger partial charge in [0.25, 0.3) is 11.8 Å². The minimum atomic E-state index is -1.09. The number of nitrogens with one attached hydrogen (secondary N) is 2. The second-order valence-electron chi connectivity index (χ2n) is 6.78. The van der Waals surface area contributed by atoms with Crippen molar-refractivity contribution in [3.63, 3.8) is 0 Å². The largest absolute Gasteiger partial charge is 0.395 e.